The van der Waals surface area contributed by atoms with Gasteiger partial charge < -0.3 is 0 Å². The molecule has 25 heavy (non-hydrogen) atoms. The first-order valence-electron chi connectivity index (χ1n) is 7.79. The van der Waals surface area contributed by atoms with Crippen LogP contribution in [0, 0.1) is 3.57 Å². The minimum Gasteiger partial charge on any atom is -0.256 e. The van der Waals surface area contributed by atoms with Crippen molar-refractivity contribution in [2.75, 3.05) is 0 Å². The number of benzene rings is 2. The molecular weight excluding hydrogens is 438 g/mol. The summed E-state index contributed by atoms with van der Waals surface area (Å²) in [5, 5.41) is 0. The third-order valence-electron chi connectivity index (χ3n) is 3.95. The Labute approximate surface area is 158 Å². The van der Waals surface area contributed by atoms with Crippen molar-refractivity contribution in [3.63, 3.8) is 0 Å². The Balaban J connectivity index is 1.73. The van der Waals surface area contributed by atoms with Crippen molar-refractivity contribution < 1.29 is 13.2 Å². The zero-order valence-corrected chi connectivity index (χ0v) is 15.4. The molecule has 2 aromatic carbocycles. The Hall–Kier alpha value is -1.89. The van der Waals surface area contributed by atoms with Gasteiger partial charge in [-0.2, -0.15) is 13.2 Å². The summed E-state index contributed by atoms with van der Waals surface area (Å²) in [5.74, 6) is 0. The molecule has 0 amide bonds. The van der Waals surface area contributed by atoms with Crippen LogP contribution in [-0.4, -0.2) is 4.98 Å². The van der Waals surface area contributed by atoms with E-state index in [0.29, 0.717) is 11.3 Å². The maximum atomic E-state index is 12.7. The van der Waals surface area contributed by atoms with Crippen molar-refractivity contribution in [1.29, 1.82) is 0 Å². The Morgan fingerprint density at radius 2 is 1.44 bits per heavy atom. The Morgan fingerprint density at radius 3 is 2.08 bits per heavy atom. The summed E-state index contributed by atoms with van der Waals surface area (Å²) in [6.07, 6.45) is -0.846. The summed E-state index contributed by atoms with van der Waals surface area (Å²) in [6, 6.07) is 17.4. The second kappa shape index (κ2) is 7.56. The van der Waals surface area contributed by atoms with Gasteiger partial charge in [-0.15, -0.1) is 0 Å². The molecule has 0 aliphatic carbocycles. The van der Waals surface area contributed by atoms with Crippen molar-refractivity contribution >= 4 is 22.6 Å². The molecule has 1 aromatic heterocycles. The predicted molar refractivity (Wildman–Crippen MR) is 101 cm³/mol. The zero-order valence-electron chi connectivity index (χ0n) is 13.2. The van der Waals surface area contributed by atoms with Crippen LogP contribution in [0.15, 0.2) is 66.9 Å². The lowest BCUT2D eigenvalue weighted by atomic mass is 10.0. The van der Waals surface area contributed by atoms with Crippen LogP contribution in [0.4, 0.5) is 13.2 Å². The number of rotatable bonds is 4. The molecule has 0 N–H and O–H groups in total. The average molecular weight is 453 g/mol. The van der Waals surface area contributed by atoms with E-state index in [9.17, 15) is 13.2 Å². The second-order valence-electron chi connectivity index (χ2n) is 5.75. The average Bonchev–Trinajstić information content (AvgIpc) is 2.61. The van der Waals surface area contributed by atoms with Crippen LogP contribution in [0.1, 0.15) is 16.7 Å². The molecule has 0 bridgehead atoms. The van der Waals surface area contributed by atoms with Crippen molar-refractivity contribution in [1.82, 2.24) is 4.98 Å². The molecule has 128 valence electrons. The fourth-order valence-electron chi connectivity index (χ4n) is 2.56. The fourth-order valence-corrected chi connectivity index (χ4v) is 2.92. The lowest BCUT2D eigenvalue weighted by Crippen LogP contribution is -2.04. The van der Waals surface area contributed by atoms with E-state index >= 15 is 0 Å². The predicted octanol–water partition coefficient (Wildman–Crippen LogP) is 6.16. The SMILES string of the molecule is FC(F)(F)c1ccc(-c2cc(CCc3ccc(I)cc3)ccn2)cc1. The Kier molecular flexibility index (Phi) is 5.42. The van der Waals surface area contributed by atoms with Crippen LogP contribution in [0.2, 0.25) is 0 Å². The van der Waals surface area contributed by atoms with Gasteiger partial charge >= 0.3 is 6.18 Å². The molecule has 0 unspecified atom stereocenters. The number of hydrogen-bond acceptors (Lipinski definition) is 1. The van der Waals surface area contributed by atoms with Gasteiger partial charge in [-0.3, -0.25) is 4.98 Å². The van der Waals surface area contributed by atoms with Gasteiger partial charge in [-0.05, 0) is 83.0 Å². The van der Waals surface area contributed by atoms with E-state index < -0.39 is 11.7 Å². The molecule has 0 aliphatic heterocycles. The summed E-state index contributed by atoms with van der Waals surface area (Å²) in [7, 11) is 0. The molecular formula is C20H15F3IN. The highest BCUT2D eigenvalue weighted by molar-refractivity contribution is 14.1. The van der Waals surface area contributed by atoms with Gasteiger partial charge in [0.2, 0.25) is 0 Å². The van der Waals surface area contributed by atoms with Gasteiger partial charge in [0.15, 0.2) is 0 Å². The van der Waals surface area contributed by atoms with E-state index in [0.717, 1.165) is 30.5 Å². The van der Waals surface area contributed by atoms with E-state index in [4.69, 9.17) is 0 Å². The smallest absolute Gasteiger partial charge is 0.256 e. The number of nitrogens with zero attached hydrogens (tertiary/aromatic N) is 1. The highest BCUT2D eigenvalue weighted by Crippen LogP contribution is 2.30. The standard InChI is InChI=1S/C20H15F3IN/c21-20(22,23)17-7-5-16(6-8-17)19-13-15(11-12-25-19)2-1-14-3-9-18(24)10-4-14/h3-13H,1-2H2. The molecule has 0 saturated carbocycles. The van der Waals surface area contributed by atoms with Crippen molar-refractivity contribution in [3.8, 4) is 11.3 Å². The quantitative estimate of drug-likeness (QED) is 0.432. The van der Waals surface area contributed by atoms with Gasteiger partial charge in [0, 0.05) is 15.3 Å². The molecule has 3 aromatic rings. The topological polar surface area (TPSA) is 12.9 Å². The first kappa shape index (κ1) is 17.9. The molecule has 1 nitrogen and oxygen atoms in total. The molecule has 0 aliphatic rings. The number of pyridine rings is 1. The van der Waals surface area contributed by atoms with Crippen molar-refractivity contribution in [3.05, 3.63) is 87.1 Å². The minimum atomic E-state index is -4.32. The largest absolute Gasteiger partial charge is 0.416 e. The lowest BCUT2D eigenvalue weighted by Gasteiger charge is -2.08. The summed E-state index contributed by atoms with van der Waals surface area (Å²) in [5.41, 5.74) is 3.10. The maximum absolute atomic E-state index is 12.7. The molecule has 0 saturated heterocycles. The second-order valence-corrected chi connectivity index (χ2v) is 7.00. The summed E-state index contributed by atoms with van der Waals surface area (Å²) < 4.78 is 39.2. The van der Waals surface area contributed by atoms with E-state index in [1.54, 1.807) is 6.20 Å². The Bertz CT molecular complexity index is 840. The van der Waals surface area contributed by atoms with Gasteiger partial charge in [0.25, 0.3) is 0 Å². The van der Waals surface area contributed by atoms with Crippen LogP contribution in [0.5, 0.6) is 0 Å². The molecule has 3 rings (SSSR count). The van der Waals surface area contributed by atoms with Crippen LogP contribution >= 0.6 is 22.6 Å². The lowest BCUT2D eigenvalue weighted by molar-refractivity contribution is -0.137. The van der Waals surface area contributed by atoms with E-state index in [2.05, 4.69) is 51.8 Å². The highest BCUT2D eigenvalue weighted by atomic mass is 127. The molecule has 0 atom stereocenters. The van der Waals surface area contributed by atoms with E-state index in [1.807, 2.05) is 12.1 Å². The first-order chi connectivity index (χ1) is 11.9. The normalized spacial score (nSPS) is 11.5. The minimum absolute atomic E-state index is 0.647. The zero-order chi connectivity index (χ0) is 17.9. The highest BCUT2D eigenvalue weighted by Gasteiger charge is 2.29. The molecule has 5 heteroatoms. The van der Waals surface area contributed by atoms with Gasteiger partial charge in [0.1, 0.15) is 0 Å². The summed E-state index contributed by atoms with van der Waals surface area (Å²) in [6.45, 7) is 0. The van der Waals surface area contributed by atoms with Crippen LogP contribution < -0.4 is 0 Å². The summed E-state index contributed by atoms with van der Waals surface area (Å²) >= 11 is 2.28. The molecule has 0 spiro atoms. The number of halogens is 4. The Morgan fingerprint density at radius 1 is 0.800 bits per heavy atom. The van der Waals surface area contributed by atoms with Crippen LogP contribution in [-0.2, 0) is 19.0 Å². The molecule has 0 fully saturated rings. The maximum Gasteiger partial charge on any atom is 0.416 e. The van der Waals surface area contributed by atoms with Gasteiger partial charge in [-0.1, -0.05) is 24.3 Å². The number of aryl methyl sites for hydroxylation is 2. The van der Waals surface area contributed by atoms with Crippen LogP contribution in [0.25, 0.3) is 11.3 Å². The molecule has 0 radical (unpaired) electrons. The van der Waals surface area contributed by atoms with E-state index in [1.165, 1.54) is 21.3 Å². The number of alkyl halides is 3. The van der Waals surface area contributed by atoms with Gasteiger partial charge in [-0.25, -0.2) is 0 Å². The number of aromatic nitrogens is 1. The van der Waals surface area contributed by atoms with Gasteiger partial charge in [0.05, 0.1) is 11.3 Å². The summed E-state index contributed by atoms with van der Waals surface area (Å²) in [4.78, 5) is 4.29. The first-order valence-corrected chi connectivity index (χ1v) is 8.87. The fraction of sp³-hybridized carbons (Fsp3) is 0.150. The van der Waals surface area contributed by atoms with Crippen molar-refractivity contribution in [2.24, 2.45) is 0 Å². The van der Waals surface area contributed by atoms with Crippen LogP contribution in [0.3, 0.4) is 0 Å². The molecule has 1 heterocycles. The monoisotopic (exact) mass is 453 g/mol. The third kappa shape index (κ3) is 4.81. The van der Waals surface area contributed by atoms with Crippen molar-refractivity contribution in [2.45, 2.75) is 19.0 Å². The number of hydrogen-bond donors (Lipinski definition) is 0. The van der Waals surface area contributed by atoms with E-state index in [-0.39, 0.29) is 0 Å². The third-order valence-corrected chi connectivity index (χ3v) is 4.67.